The van der Waals surface area contributed by atoms with Crippen molar-refractivity contribution in [3.8, 4) is 0 Å². The Balaban J connectivity index is 1.72. The smallest absolute Gasteiger partial charge is 0.220 e. The Bertz CT molecular complexity index is 438. The van der Waals surface area contributed by atoms with Gasteiger partial charge < -0.3 is 10.4 Å². The van der Waals surface area contributed by atoms with Crippen LogP contribution in [0.3, 0.4) is 0 Å². The maximum atomic E-state index is 11.8. The summed E-state index contributed by atoms with van der Waals surface area (Å²) >= 11 is 0. The van der Waals surface area contributed by atoms with E-state index in [9.17, 15) is 4.79 Å². The number of rotatable bonds is 7. The zero-order valence-corrected chi connectivity index (χ0v) is 11.6. The van der Waals surface area contributed by atoms with Gasteiger partial charge in [-0.15, -0.1) is 0 Å². The number of hydrogen-bond donors (Lipinski definition) is 2. The largest absolute Gasteiger partial charge is 0.396 e. The van der Waals surface area contributed by atoms with Gasteiger partial charge in [0.15, 0.2) is 0 Å². The zero-order chi connectivity index (χ0) is 13.7. The molecular formula is C16H23NO2. The summed E-state index contributed by atoms with van der Waals surface area (Å²) in [5.74, 6) is 0.118. The summed E-state index contributed by atoms with van der Waals surface area (Å²) in [6.45, 7) is 3.02. The molecule has 1 saturated carbocycles. The Morgan fingerprint density at radius 1 is 1.37 bits per heavy atom. The second kappa shape index (κ2) is 6.20. The van der Waals surface area contributed by atoms with E-state index in [4.69, 9.17) is 5.11 Å². The monoisotopic (exact) mass is 261 g/mol. The van der Waals surface area contributed by atoms with E-state index < -0.39 is 0 Å². The second-order valence-corrected chi connectivity index (χ2v) is 5.68. The normalized spacial score (nSPS) is 16.1. The molecule has 0 radical (unpaired) electrons. The van der Waals surface area contributed by atoms with Crippen LogP contribution in [0.2, 0.25) is 0 Å². The van der Waals surface area contributed by atoms with E-state index in [1.807, 2.05) is 12.1 Å². The van der Waals surface area contributed by atoms with Crippen LogP contribution in [0.4, 0.5) is 0 Å². The van der Waals surface area contributed by atoms with Crippen molar-refractivity contribution in [3.05, 3.63) is 35.4 Å². The van der Waals surface area contributed by atoms with Crippen molar-refractivity contribution >= 4 is 5.91 Å². The quantitative estimate of drug-likeness (QED) is 0.790. The number of nitrogens with one attached hydrogen (secondary N) is 1. The lowest BCUT2D eigenvalue weighted by Gasteiger charge is -2.14. The first kappa shape index (κ1) is 14.1. The molecule has 0 heterocycles. The maximum Gasteiger partial charge on any atom is 0.220 e. The average molecular weight is 261 g/mol. The highest BCUT2D eigenvalue weighted by molar-refractivity contribution is 5.76. The van der Waals surface area contributed by atoms with Gasteiger partial charge in [-0.2, -0.15) is 0 Å². The molecule has 1 fully saturated rings. The maximum absolute atomic E-state index is 11.8. The molecule has 0 saturated heterocycles. The molecule has 0 atom stereocenters. The van der Waals surface area contributed by atoms with Crippen LogP contribution in [0.1, 0.15) is 36.8 Å². The number of aryl methyl sites for hydroxylation is 2. The Morgan fingerprint density at radius 2 is 2.11 bits per heavy atom. The van der Waals surface area contributed by atoms with Crippen LogP contribution in [-0.4, -0.2) is 24.2 Å². The molecule has 104 valence electrons. The van der Waals surface area contributed by atoms with Gasteiger partial charge in [0.1, 0.15) is 0 Å². The van der Waals surface area contributed by atoms with Gasteiger partial charge in [-0.25, -0.2) is 0 Å². The predicted octanol–water partition coefficient (Wildman–Crippen LogP) is 2.21. The van der Waals surface area contributed by atoms with Crippen molar-refractivity contribution in [1.29, 1.82) is 0 Å². The summed E-state index contributed by atoms with van der Waals surface area (Å²) in [6, 6.07) is 8.19. The third kappa shape index (κ3) is 4.06. The molecule has 0 unspecified atom stereocenters. The lowest BCUT2D eigenvalue weighted by Crippen LogP contribution is -2.30. The van der Waals surface area contributed by atoms with Crippen LogP contribution in [0.15, 0.2) is 24.3 Å². The van der Waals surface area contributed by atoms with Crippen LogP contribution in [-0.2, 0) is 11.2 Å². The van der Waals surface area contributed by atoms with Gasteiger partial charge in [-0.3, -0.25) is 4.79 Å². The molecule has 19 heavy (non-hydrogen) atoms. The number of carbonyl (C=O) groups excluding carboxylic acids is 1. The zero-order valence-electron chi connectivity index (χ0n) is 11.6. The first-order valence-electron chi connectivity index (χ1n) is 7.07. The van der Waals surface area contributed by atoms with Crippen molar-refractivity contribution < 1.29 is 9.90 Å². The minimum absolute atomic E-state index is 0.118. The Labute approximate surface area is 115 Å². The van der Waals surface area contributed by atoms with E-state index in [2.05, 4.69) is 24.4 Å². The molecule has 1 aliphatic rings. The van der Waals surface area contributed by atoms with Gasteiger partial charge in [0, 0.05) is 19.6 Å². The van der Waals surface area contributed by atoms with Gasteiger partial charge in [-0.05, 0) is 49.1 Å². The minimum Gasteiger partial charge on any atom is -0.396 e. The standard InChI is InChI=1S/C16H23NO2/c1-13-4-2-3-5-14(13)6-7-15(19)17-12-16(8-9-16)10-11-18/h2-5,18H,6-12H2,1H3,(H,17,19). The highest BCUT2D eigenvalue weighted by Crippen LogP contribution is 2.47. The van der Waals surface area contributed by atoms with Crippen LogP contribution >= 0.6 is 0 Å². The average Bonchev–Trinajstić information content (AvgIpc) is 3.16. The van der Waals surface area contributed by atoms with Crippen molar-refractivity contribution in [2.45, 2.75) is 39.0 Å². The lowest BCUT2D eigenvalue weighted by atomic mass is 10.0. The number of amides is 1. The molecule has 1 amide bonds. The highest BCUT2D eigenvalue weighted by atomic mass is 16.3. The van der Waals surface area contributed by atoms with Crippen LogP contribution < -0.4 is 5.32 Å². The van der Waals surface area contributed by atoms with Gasteiger partial charge in [0.05, 0.1) is 0 Å². The Kier molecular flexibility index (Phi) is 4.59. The molecule has 1 aliphatic carbocycles. The van der Waals surface area contributed by atoms with E-state index in [-0.39, 0.29) is 17.9 Å². The Morgan fingerprint density at radius 3 is 2.74 bits per heavy atom. The highest BCUT2D eigenvalue weighted by Gasteiger charge is 2.41. The van der Waals surface area contributed by atoms with Crippen molar-refractivity contribution in [2.24, 2.45) is 5.41 Å². The molecule has 0 bridgehead atoms. The molecule has 0 aliphatic heterocycles. The molecule has 0 spiro atoms. The van der Waals surface area contributed by atoms with E-state index in [0.29, 0.717) is 6.42 Å². The predicted molar refractivity (Wildman–Crippen MR) is 75.9 cm³/mol. The Hall–Kier alpha value is -1.35. The number of aliphatic hydroxyl groups is 1. The summed E-state index contributed by atoms with van der Waals surface area (Å²) < 4.78 is 0. The SMILES string of the molecule is Cc1ccccc1CCC(=O)NCC1(CCO)CC1. The van der Waals surface area contributed by atoms with Gasteiger partial charge in [-0.1, -0.05) is 24.3 Å². The number of aliphatic hydroxyl groups excluding tert-OH is 1. The summed E-state index contributed by atoms with van der Waals surface area (Å²) in [5.41, 5.74) is 2.69. The van der Waals surface area contributed by atoms with Gasteiger partial charge in [0.2, 0.25) is 5.91 Å². The fourth-order valence-corrected chi connectivity index (χ4v) is 2.44. The van der Waals surface area contributed by atoms with E-state index in [1.54, 1.807) is 0 Å². The second-order valence-electron chi connectivity index (χ2n) is 5.68. The molecule has 0 aromatic heterocycles. The number of benzene rings is 1. The number of carbonyl (C=O) groups is 1. The third-order valence-corrected chi connectivity index (χ3v) is 4.14. The summed E-state index contributed by atoms with van der Waals surface area (Å²) in [5, 5.41) is 12.0. The molecule has 1 aromatic carbocycles. The first-order chi connectivity index (χ1) is 9.15. The van der Waals surface area contributed by atoms with Crippen LogP contribution in [0.5, 0.6) is 0 Å². The summed E-state index contributed by atoms with van der Waals surface area (Å²) in [7, 11) is 0. The lowest BCUT2D eigenvalue weighted by molar-refractivity contribution is -0.121. The fraction of sp³-hybridized carbons (Fsp3) is 0.562. The molecule has 1 aromatic rings. The molecular weight excluding hydrogens is 238 g/mol. The minimum atomic E-state index is 0.118. The third-order valence-electron chi connectivity index (χ3n) is 4.14. The van der Waals surface area contributed by atoms with Crippen LogP contribution in [0, 0.1) is 12.3 Å². The van der Waals surface area contributed by atoms with Gasteiger partial charge in [0.25, 0.3) is 0 Å². The summed E-state index contributed by atoms with van der Waals surface area (Å²) in [6.07, 6.45) is 4.41. The van der Waals surface area contributed by atoms with Crippen molar-refractivity contribution in [3.63, 3.8) is 0 Å². The fourth-order valence-electron chi connectivity index (χ4n) is 2.44. The molecule has 2 rings (SSSR count). The molecule has 2 N–H and O–H groups in total. The van der Waals surface area contributed by atoms with Crippen molar-refractivity contribution in [2.75, 3.05) is 13.2 Å². The van der Waals surface area contributed by atoms with Crippen LogP contribution in [0.25, 0.3) is 0 Å². The van der Waals surface area contributed by atoms with E-state index in [0.717, 1.165) is 32.2 Å². The number of hydrogen-bond acceptors (Lipinski definition) is 2. The topological polar surface area (TPSA) is 49.3 Å². The van der Waals surface area contributed by atoms with E-state index in [1.165, 1.54) is 11.1 Å². The van der Waals surface area contributed by atoms with Gasteiger partial charge >= 0.3 is 0 Å². The van der Waals surface area contributed by atoms with Crippen molar-refractivity contribution in [1.82, 2.24) is 5.32 Å². The van der Waals surface area contributed by atoms with E-state index >= 15 is 0 Å². The first-order valence-corrected chi connectivity index (χ1v) is 7.07. The molecule has 3 heteroatoms. The summed E-state index contributed by atoms with van der Waals surface area (Å²) in [4.78, 5) is 11.8. The molecule has 3 nitrogen and oxygen atoms in total.